The Kier molecular flexibility index (Phi) is 2.93. The minimum Gasteiger partial charge on any atom is -0.480 e. The number of hydrogen-bond donors (Lipinski definition) is 2. The molecule has 1 heterocycles. The number of rotatable bonds is 2. The van der Waals surface area contributed by atoms with Gasteiger partial charge < -0.3 is 10.4 Å². The molecular weight excluding hydrogens is 214 g/mol. The van der Waals surface area contributed by atoms with Gasteiger partial charge in [-0.3, -0.25) is 4.79 Å². The zero-order valence-electron chi connectivity index (χ0n) is 8.11. The first-order valence-electron chi connectivity index (χ1n) is 4.90. The van der Waals surface area contributed by atoms with Crippen LogP contribution < -0.4 is 5.32 Å². The first-order chi connectivity index (χ1) is 7.18. The van der Waals surface area contributed by atoms with E-state index in [0.717, 1.165) is 18.5 Å². The molecular formula is C11H12ClNO2. The highest BCUT2D eigenvalue weighted by atomic mass is 35.5. The molecule has 1 aromatic carbocycles. The van der Waals surface area contributed by atoms with Gasteiger partial charge in [0, 0.05) is 10.9 Å². The molecule has 1 aliphatic heterocycles. The predicted molar refractivity (Wildman–Crippen MR) is 58.2 cm³/mol. The van der Waals surface area contributed by atoms with Gasteiger partial charge in [-0.15, -0.1) is 0 Å². The minimum atomic E-state index is -0.794. The monoisotopic (exact) mass is 225 g/mol. The van der Waals surface area contributed by atoms with E-state index in [1.165, 1.54) is 0 Å². The van der Waals surface area contributed by atoms with Crippen molar-refractivity contribution in [3.63, 3.8) is 0 Å². The summed E-state index contributed by atoms with van der Waals surface area (Å²) in [5, 5.41) is 12.7. The summed E-state index contributed by atoms with van der Waals surface area (Å²) in [5.41, 5.74) is 1.000. The highest BCUT2D eigenvalue weighted by Crippen LogP contribution is 2.29. The molecule has 1 aromatic rings. The number of carbonyl (C=O) groups is 1. The van der Waals surface area contributed by atoms with Gasteiger partial charge >= 0.3 is 5.97 Å². The van der Waals surface area contributed by atoms with Crippen LogP contribution in [0, 0.1) is 0 Å². The number of hydrogen-bond acceptors (Lipinski definition) is 2. The Balaban J connectivity index is 2.26. The SMILES string of the molecule is O=C(O)C1NCCC1c1cccc(Cl)c1. The average molecular weight is 226 g/mol. The molecule has 3 nitrogen and oxygen atoms in total. The van der Waals surface area contributed by atoms with Crippen molar-refractivity contribution in [2.75, 3.05) is 6.54 Å². The Hall–Kier alpha value is -1.06. The van der Waals surface area contributed by atoms with Crippen molar-refractivity contribution in [3.8, 4) is 0 Å². The van der Waals surface area contributed by atoms with Gasteiger partial charge in [0.15, 0.2) is 0 Å². The van der Waals surface area contributed by atoms with Crippen molar-refractivity contribution >= 4 is 17.6 Å². The molecule has 0 radical (unpaired) electrons. The highest BCUT2D eigenvalue weighted by molar-refractivity contribution is 6.30. The van der Waals surface area contributed by atoms with E-state index in [9.17, 15) is 4.79 Å². The van der Waals surface area contributed by atoms with Gasteiger partial charge in [0.05, 0.1) is 0 Å². The van der Waals surface area contributed by atoms with Gasteiger partial charge in [-0.05, 0) is 30.7 Å². The van der Waals surface area contributed by atoms with Crippen LogP contribution in [0.15, 0.2) is 24.3 Å². The molecule has 2 atom stereocenters. The summed E-state index contributed by atoms with van der Waals surface area (Å²) in [6, 6.07) is 6.94. The summed E-state index contributed by atoms with van der Waals surface area (Å²) in [7, 11) is 0. The van der Waals surface area contributed by atoms with Crippen LogP contribution in [0.1, 0.15) is 17.9 Å². The number of benzene rings is 1. The van der Waals surface area contributed by atoms with E-state index in [1.54, 1.807) is 6.07 Å². The van der Waals surface area contributed by atoms with Crippen LogP contribution >= 0.6 is 11.6 Å². The third-order valence-electron chi connectivity index (χ3n) is 2.76. The van der Waals surface area contributed by atoms with E-state index in [4.69, 9.17) is 16.7 Å². The fourth-order valence-corrected chi connectivity index (χ4v) is 2.26. The third-order valence-corrected chi connectivity index (χ3v) is 3.00. The van der Waals surface area contributed by atoms with Gasteiger partial charge in [0.2, 0.25) is 0 Å². The highest BCUT2D eigenvalue weighted by Gasteiger charge is 2.33. The number of nitrogens with one attached hydrogen (secondary N) is 1. The second-order valence-electron chi connectivity index (χ2n) is 3.72. The Morgan fingerprint density at radius 1 is 1.53 bits per heavy atom. The van der Waals surface area contributed by atoms with Gasteiger partial charge in [-0.2, -0.15) is 0 Å². The molecule has 0 aliphatic carbocycles. The zero-order valence-corrected chi connectivity index (χ0v) is 8.87. The topological polar surface area (TPSA) is 49.3 Å². The number of carboxylic acid groups (broad SMARTS) is 1. The Morgan fingerprint density at radius 3 is 3.00 bits per heavy atom. The molecule has 0 saturated carbocycles. The van der Waals surface area contributed by atoms with Crippen LogP contribution in [0.25, 0.3) is 0 Å². The number of aliphatic carboxylic acids is 1. The maximum Gasteiger partial charge on any atom is 0.321 e. The summed E-state index contributed by atoms with van der Waals surface area (Å²) < 4.78 is 0. The van der Waals surface area contributed by atoms with Gasteiger partial charge in [-0.25, -0.2) is 0 Å². The van der Waals surface area contributed by atoms with E-state index >= 15 is 0 Å². The summed E-state index contributed by atoms with van der Waals surface area (Å²) in [6.07, 6.45) is 0.845. The van der Waals surface area contributed by atoms with E-state index < -0.39 is 12.0 Å². The second-order valence-corrected chi connectivity index (χ2v) is 4.16. The summed E-state index contributed by atoms with van der Waals surface area (Å²) >= 11 is 5.88. The molecule has 0 aromatic heterocycles. The van der Waals surface area contributed by atoms with E-state index in [0.29, 0.717) is 5.02 Å². The first kappa shape index (κ1) is 10.5. The molecule has 0 bridgehead atoms. The lowest BCUT2D eigenvalue weighted by atomic mass is 9.92. The maximum atomic E-state index is 11.0. The lowest BCUT2D eigenvalue weighted by molar-refractivity contribution is -0.139. The van der Waals surface area contributed by atoms with Crippen LogP contribution in [-0.2, 0) is 4.79 Å². The van der Waals surface area contributed by atoms with Crippen molar-refractivity contribution < 1.29 is 9.90 Å². The normalized spacial score (nSPS) is 25.4. The Morgan fingerprint density at radius 2 is 2.33 bits per heavy atom. The van der Waals surface area contributed by atoms with Crippen molar-refractivity contribution in [2.24, 2.45) is 0 Å². The molecule has 0 amide bonds. The first-order valence-corrected chi connectivity index (χ1v) is 5.28. The summed E-state index contributed by atoms with van der Waals surface area (Å²) in [5.74, 6) is -0.765. The van der Waals surface area contributed by atoms with Crippen LogP contribution in [-0.4, -0.2) is 23.7 Å². The summed E-state index contributed by atoms with van der Waals surface area (Å²) in [4.78, 5) is 11.0. The molecule has 1 fully saturated rings. The molecule has 4 heteroatoms. The molecule has 2 N–H and O–H groups in total. The van der Waals surface area contributed by atoms with E-state index in [1.807, 2.05) is 18.2 Å². The van der Waals surface area contributed by atoms with E-state index in [2.05, 4.69) is 5.32 Å². The molecule has 2 rings (SSSR count). The van der Waals surface area contributed by atoms with Gasteiger partial charge in [0.1, 0.15) is 6.04 Å². The molecule has 80 valence electrons. The maximum absolute atomic E-state index is 11.0. The van der Waals surface area contributed by atoms with Crippen LogP contribution in [0.4, 0.5) is 0 Å². The largest absolute Gasteiger partial charge is 0.480 e. The van der Waals surface area contributed by atoms with Gasteiger partial charge in [-0.1, -0.05) is 23.7 Å². The minimum absolute atomic E-state index is 0.0289. The molecule has 15 heavy (non-hydrogen) atoms. The van der Waals surface area contributed by atoms with Crippen molar-refractivity contribution in [1.82, 2.24) is 5.32 Å². The zero-order chi connectivity index (χ0) is 10.8. The van der Waals surface area contributed by atoms with Crippen LogP contribution in [0.3, 0.4) is 0 Å². The Bertz CT molecular complexity index is 381. The van der Waals surface area contributed by atoms with Gasteiger partial charge in [0.25, 0.3) is 0 Å². The number of carboxylic acids is 1. The second kappa shape index (κ2) is 4.21. The van der Waals surface area contributed by atoms with Crippen molar-refractivity contribution in [1.29, 1.82) is 0 Å². The van der Waals surface area contributed by atoms with Crippen molar-refractivity contribution in [3.05, 3.63) is 34.9 Å². The number of halogens is 1. The standard InChI is InChI=1S/C11H12ClNO2/c12-8-3-1-2-7(6-8)9-4-5-13-10(9)11(14)15/h1-3,6,9-10,13H,4-5H2,(H,14,15). The van der Waals surface area contributed by atoms with Crippen LogP contribution in [0.5, 0.6) is 0 Å². The predicted octanol–water partition coefficient (Wildman–Crippen LogP) is 1.87. The van der Waals surface area contributed by atoms with Crippen LogP contribution in [0.2, 0.25) is 5.02 Å². The molecule has 1 aliphatic rings. The molecule has 0 spiro atoms. The fourth-order valence-electron chi connectivity index (χ4n) is 2.06. The summed E-state index contributed by atoms with van der Waals surface area (Å²) in [6.45, 7) is 0.744. The average Bonchev–Trinajstić information content (AvgIpc) is 2.65. The fraction of sp³-hybridized carbons (Fsp3) is 0.364. The lowest BCUT2D eigenvalue weighted by Crippen LogP contribution is -2.34. The molecule has 2 unspecified atom stereocenters. The Labute approximate surface area is 93.1 Å². The van der Waals surface area contributed by atoms with E-state index in [-0.39, 0.29) is 5.92 Å². The molecule has 1 saturated heterocycles. The lowest BCUT2D eigenvalue weighted by Gasteiger charge is -2.15. The smallest absolute Gasteiger partial charge is 0.321 e. The van der Waals surface area contributed by atoms with Crippen molar-refractivity contribution in [2.45, 2.75) is 18.4 Å². The quantitative estimate of drug-likeness (QED) is 0.808. The third kappa shape index (κ3) is 2.13.